The van der Waals surface area contributed by atoms with E-state index in [-0.39, 0.29) is 23.7 Å². The molecule has 0 aromatic heterocycles. The number of carbonyl (C=O) groups is 1. The Morgan fingerprint density at radius 2 is 2.08 bits per heavy atom. The first-order valence-electron chi connectivity index (χ1n) is 8.09. The van der Waals surface area contributed by atoms with E-state index < -0.39 is 0 Å². The maximum Gasteiger partial charge on any atom is 0.339 e. The highest BCUT2D eigenvalue weighted by atomic mass is 19.1. The topological polar surface area (TPSA) is 38.3 Å². The average molecular weight is 323 g/mol. The van der Waals surface area contributed by atoms with Gasteiger partial charge in [-0.05, 0) is 41.7 Å². The number of benzene rings is 2. The number of nitrogens with one attached hydrogen (secondary N) is 1. The van der Waals surface area contributed by atoms with Gasteiger partial charge in [0.2, 0.25) is 0 Å². The standard InChI is InChI=1S/C20H18FNO2/c1-24-20(23)17-10-4-9-16-14-7-3-8-15(14)18(22-19(16)17)12-5-2-6-13(21)11-12/h2-7,9-11,14-15,18,22H,8H2,1H3/t14-,15+,18-/m1/s1. The van der Waals surface area contributed by atoms with Gasteiger partial charge in [0.1, 0.15) is 5.82 Å². The summed E-state index contributed by atoms with van der Waals surface area (Å²) in [6, 6.07) is 12.3. The molecule has 0 saturated heterocycles. The van der Waals surface area contributed by atoms with Crippen LogP contribution in [0.3, 0.4) is 0 Å². The fourth-order valence-electron chi connectivity index (χ4n) is 3.93. The van der Waals surface area contributed by atoms with Crippen molar-refractivity contribution in [3.63, 3.8) is 0 Å². The minimum atomic E-state index is -0.363. The van der Waals surface area contributed by atoms with Gasteiger partial charge in [0, 0.05) is 5.92 Å². The van der Waals surface area contributed by atoms with E-state index in [1.807, 2.05) is 18.2 Å². The van der Waals surface area contributed by atoms with Crippen LogP contribution in [0.1, 0.15) is 39.9 Å². The van der Waals surface area contributed by atoms with Crippen LogP contribution in [0.25, 0.3) is 0 Å². The SMILES string of the molecule is COC(=O)c1cccc2c1N[C@H](c1cccc(F)c1)[C@H]1CC=C[C@@H]21. The number of hydrogen-bond donors (Lipinski definition) is 1. The van der Waals surface area contributed by atoms with Crippen LogP contribution >= 0.6 is 0 Å². The normalized spacial score (nSPS) is 24.0. The smallest absolute Gasteiger partial charge is 0.339 e. The van der Waals surface area contributed by atoms with E-state index in [0.29, 0.717) is 11.5 Å². The second-order valence-corrected chi connectivity index (χ2v) is 6.29. The van der Waals surface area contributed by atoms with Crippen molar-refractivity contribution < 1.29 is 13.9 Å². The number of rotatable bonds is 2. The molecule has 0 bridgehead atoms. The van der Waals surface area contributed by atoms with Gasteiger partial charge in [-0.3, -0.25) is 0 Å². The number of fused-ring (bicyclic) bond motifs is 3. The summed E-state index contributed by atoms with van der Waals surface area (Å²) < 4.78 is 18.6. The van der Waals surface area contributed by atoms with Crippen LogP contribution in [-0.2, 0) is 4.74 Å². The molecule has 1 aliphatic carbocycles. The fraction of sp³-hybridized carbons (Fsp3) is 0.250. The molecule has 2 aliphatic rings. The van der Waals surface area contributed by atoms with E-state index in [2.05, 4.69) is 17.5 Å². The Hall–Kier alpha value is -2.62. The monoisotopic (exact) mass is 323 g/mol. The molecule has 122 valence electrons. The number of allylic oxidation sites excluding steroid dienone is 2. The predicted octanol–water partition coefficient (Wildman–Crippen LogP) is 4.44. The highest BCUT2D eigenvalue weighted by molar-refractivity contribution is 5.97. The third-order valence-electron chi connectivity index (χ3n) is 5.01. The van der Waals surface area contributed by atoms with E-state index >= 15 is 0 Å². The molecule has 0 fully saturated rings. The summed E-state index contributed by atoms with van der Waals surface area (Å²) in [5.41, 5.74) is 3.32. The number of para-hydroxylation sites is 1. The van der Waals surface area contributed by atoms with Crippen LogP contribution in [-0.4, -0.2) is 13.1 Å². The van der Waals surface area contributed by atoms with E-state index in [9.17, 15) is 9.18 Å². The molecule has 2 aromatic carbocycles. The van der Waals surface area contributed by atoms with Gasteiger partial charge in [-0.2, -0.15) is 0 Å². The zero-order valence-corrected chi connectivity index (χ0v) is 13.3. The molecule has 0 amide bonds. The summed E-state index contributed by atoms with van der Waals surface area (Å²) in [5, 5.41) is 3.49. The maximum absolute atomic E-state index is 13.7. The van der Waals surface area contributed by atoms with Crippen LogP contribution in [0.5, 0.6) is 0 Å². The van der Waals surface area contributed by atoms with Crippen LogP contribution in [0, 0.1) is 11.7 Å². The van der Waals surface area contributed by atoms with Crippen molar-refractivity contribution in [1.29, 1.82) is 0 Å². The lowest BCUT2D eigenvalue weighted by atomic mass is 9.76. The highest BCUT2D eigenvalue weighted by Gasteiger charge is 2.39. The largest absolute Gasteiger partial charge is 0.465 e. The molecule has 2 aromatic rings. The third kappa shape index (κ3) is 2.30. The van der Waals surface area contributed by atoms with E-state index in [0.717, 1.165) is 23.2 Å². The van der Waals surface area contributed by atoms with Gasteiger partial charge >= 0.3 is 5.97 Å². The van der Waals surface area contributed by atoms with Crippen LogP contribution in [0.4, 0.5) is 10.1 Å². The van der Waals surface area contributed by atoms with Crippen molar-refractivity contribution in [2.75, 3.05) is 12.4 Å². The minimum absolute atomic E-state index is 0.0426. The average Bonchev–Trinajstić information content (AvgIpc) is 3.09. The molecule has 3 atom stereocenters. The molecule has 4 heteroatoms. The number of methoxy groups -OCH3 is 1. The highest BCUT2D eigenvalue weighted by Crippen LogP contribution is 2.50. The molecule has 0 spiro atoms. The summed E-state index contributed by atoms with van der Waals surface area (Å²) in [6.07, 6.45) is 5.29. The Morgan fingerprint density at radius 1 is 1.25 bits per heavy atom. The van der Waals surface area contributed by atoms with Crippen molar-refractivity contribution in [1.82, 2.24) is 0 Å². The van der Waals surface area contributed by atoms with Crippen LogP contribution < -0.4 is 5.32 Å². The van der Waals surface area contributed by atoms with E-state index in [4.69, 9.17) is 4.74 Å². The molecule has 1 N–H and O–H groups in total. The number of ether oxygens (including phenoxy) is 1. The van der Waals surface area contributed by atoms with Crippen molar-refractivity contribution in [3.8, 4) is 0 Å². The molecular formula is C20H18FNO2. The van der Waals surface area contributed by atoms with Crippen LogP contribution in [0.15, 0.2) is 54.6 Å². The molecule has 4 rings (SSSR count). The number of esters is 1. The predicted molar refractivity (Wildman–Crippen MR) is 90.5 cm³/mol. The van der Waals surface area contributed by atoms with Gasteiger partial charge in [-0.25, -0.2) is 9.18 Å². The molecule has 0 unspecified atom stereocenters. The summed E-state index contributed by atoms with van der Waals surface area (Å²) in [4.78, 5) is 12.1. The Morgan fingerprint density at radius 3 is 2.88 bits per heavy atom. The molecule has 3 nitrogen and oxygen atoms in total. The Kier molecular flexibility index (Phi) is 3.60. The summed E-state index contributed by atoms with van der Waals surface area (Å²) in [6.45, 7) is 0. The molecule has 1 heterocycles. The van der Waals surface area contributed by atoms with Gasteiger partial charge < -0.3 is 10.1 Å². The summed E-state index contributed by atoms with van der Waals surface area (Å²) in [7, 11) is 1.38. The quantitative estimate of drug-likeness (QED) is 0.656. The lowest BCUT2D eigenvalue weighted by Gasteiger charge is -2.38. The third-order valence-corrected chi connectivity index (χ3v) is 5.01. The van der Waals surface area contributed by atoms with Crippen LogP contribution in [0.2, 0.25) is 0 Å². The Balaban J connectivity index is 1.84. The van der Waals surface area contributed by atoms with Gasteiger partial charge in [0.05, 0.1) is 24.4 Å². The lowest BCUT2D eigenvalue weighted by Crippen LogP contribution is -2.30. The number of halogens is 1. The van der Waals surface area contributed by atoms with Gasteiger partial charge in [0.25, 0.3) is 0 Å². The first-order valence-corrected chi connectivity index (χ1v) is 8.09. The van der Waals surface area contributed by atoms with Gasteiger partial charge in [-0.15, -0.1) is 0 Å². The van der Waals surface area contributed by atoms with Crippen molar-refractivity contribution in [2.45, 2.75) is 18.4 Å². The second-order valence-electron chi connectivity index (χ2n) is 6.29. The van der Waals surface area contributed by atoms with E-state index in [1.54, 1.807) is 18.2 Å². The number of anilines is 1. The van der Waals surface area contributed by atoms with Crippen molar-refractivity contribution >= 4 is 11.7 Å². The first kappa shape index (κ1) is 14.9. The Bertz CT molecular complexity index is 830. The molecular weight excluding hydrogens is 305 g/mol. The summed E-state index contributed by atoms with van der Waals surface area (Å²) in [5.74, 6) is -0.0760. The van der Waals surface area contributed by atoms with Crippen molar-refractivity contribution in [2.24, 2.45) is 5.92 Å². The second kappa shape index (κ2) is 5.78. The number of hydrogen-bond acceptors (Lipinski definition) is 3. The molecule has 0 radical (unpaired) electrons. The number of carbonyl (C=O) groups excluding carboxylic acids is 1. The Labute approximate surface area is 140 Å². The minimum Gasteiger partial charge on any atom is -0.465 e. The molecule has 24 heavy (non-hydrogen) atoms. The van der Waals surface area contributed by atoms with Crippen molar-refractivity contribution in [3.05, 3.63) is 77.1 Å². The first-order chi connectivity index (χ1) is 11.7. The molecule has 1 aliphatic heterocycles. The maximum atomic E-state index is 13.7. The molecule has 0 saturated carbocycles. The summed E-state index contributed by atoms with van der Waals surface area (Å²) >= 11 is 0. The zero-order valence-electron chi connectivity index (χ0n) is 13.3. The van der Waals surface area contributed by atoms with Gasteiger partial charge in [0.15, 0.2) is 0 Å². The van der Waals surface area contributed by atoms with E-state index in [1.165, 1.54) is 13.2 Å². The fourth-order valence-corrected chi connectivity index (χ4v) is 3.93. The zero-order chi connectivity index (χ0) is 16.7. The lowest BCUT2D eigenvalue weighted by molar-refractivity contribution is 0.0601. The van der Waals surface area contributed by atoms with Gasteiger partial charge in [-0.1, -0.05) is 36.4 Å².